The average Bonchev–Trinajstić information content (AvgIpc) is 2.79. The lowest BCUT2D eigenvalue weighted by molar-refractivity contribution is 0.0691. The summed E-state index contributed by atoms with van der Waals surface area (Å²) >= 11 is 1.56. The van der Waals surface area contributed by atoms with Crippen molar-refractivity contribution in [2.45, 2.75) is 6.61 Å². The van der Waals surface area contributed by atoms with Crippen LogP contribution in [0.15, 0.2) is 36.0 Å². The van der Waals surface area contributed by atoms with Gasteiger partial charge < -0.3 is 9.84 Å². The van der Waals surface area contributed by atoms with Crippen LogP contribution in [0.5, 0.6) is 5.75 Å². The highest BCUT2D eigenvalue weighted by Crippen LogP contribution is 2.19. The van der Waals surface area contributed by atoms with Gasteiger partial charge in [-0.15, -0.1) is 11.3 Å². The minimum Gasteiger partial charge on any atom is -0.486 e. The number of pyridine rings is 1. The molecule has 5 heteroatoms. The molecule has 0 aliphatic rings. The average molecular weight is 235 g/mol. The number of nitrogens with zero attached hydrogens (tertiary/aromatic N) is 1. The third-order valence-electron chi connectivity index (χ3n) is 1.96. The van der Waals surface area contributed by atoms with Crippen LogP contribution in [0.1, 0.15) is 15.2 Å². The zero-order valence-electron chi connectivity index (χ0n) is 8.29. The summed E-state index contributed by atoms with van der Waals surface area (Å²) in [6.07, 6.45) is 2.85. The molecule has 0 radical (unpaired) electrons. The predicted molar refractivity (Wildman–Crippen MR) is 59.8 cm³/mol. The van der Waals surface area contributed by atoms with E-state index in [-0.39, 0.29) is 5.56 Å². The third kappa shape index (κ3) is 2.38. The maximum Gasteiger partial charge on any atom is 0.339 e. The van der Waals surface area contributed by atoms with E-state index in [9.17, 15) is 4.79 Å². The van der Waals surface area contributed by atoms with E-state index >= 15 is 0 Å². The topological polar surface area (TPSA) is 59.4 Å². The number of ether oxygens (including phenoxy) is 1. The molecule has 0 bridgehead atoms. The largest absolute Gasteiger partial charge is 0.486 e. The zero-order chi connectivity index (χ0) is 11.4. The Kier molecular flexibility index (Phi) is 3.16. The van der Waals surface area contributed by atoms with Crippen LogP contribution < -0.4 is 4.74 Å². The minimum atomic E-state index is -1.01. The quantitative estimate of drug-likeness (QED) is 0.884. The number of rotatable bonds is 4. The summed E-state index contributed by atoms with van der Waals surface area (Å²) in [7, 11) is 0. The molecule has 0 fully saturated rings. The molecular formula is C11H9NO3S. The maximum atomic E-state index is 10.9. The van der Waals surface area contributed by atoms with Gasteiger partial charge in [0.15, 0.2) is 5.75 Å². The Labute approximate surface area is 96.1 Å². The summed E-state index contributed by atoms with van der Waals surface area (Å²) in [6.45, 7) is 0.365. The SMILES string of the molecule is O=C(O)c1ccncc1OCc1cccs1. The Balaban J connectivity index is 2.12. The Morgan fingerprint density at radius 1 is 1.50 bits per heavy atom. The number of hydrogen-bond donors (Lipinski definition) is 1. The first kappa shape index (κ1) is 10.6. The smallest absolute Gasteiger partial charge is 0.339 e. The molecule has 0 spiro atoms. The molecular weight excluding hydrogens is 226 g/mol. The monoisotopic (exact) mass is 235 g/mol. The molecule has 0 saturated carbocycles. The lowest BCUT2D eigenvalue weighted by atomic mass is 10.2. The van der Waals surface area contributed by atoms with Gasteiger partial charge in [-0.1, -0.05) is 6.07 Å². The van der Waals surface area contributed by atoms with Crippen molar-refractivity contribution in [2.24, 2.45) is 0 Å². The number of carboxylic acids is 1. The van der Waals surface area contributed by atoms with Crippen molar-refractivity contribution in [3.05, 3.63) is 46.4 Å². The summed E-state index contributed by atoms with van der Waals surface area (Å²) in [5.74, 6) is -0.716. The van der Waals surface area contributed by atoms with Crippen LogP contribution >= 0.6 is 11.3 Å². The minimum absolute atomic E-state index is 0.131. The van der Waals surface area contributed by atoms with E-state index in [1.807, 2.05) is 17.5 Å². The van der Waals surface area contributed by atoms with Crippen LogP contribution in [0, 0.1) is 0 Å². The molecule has 0 atom stereocenters. The first-order valence-electron chi connectivity index (χ1n) is 4.60. The molecule has 0 unspecified atom stereocenters. The second-order valence-corrected chi connectivity index (χ2v) is 4.08. The fraction of sp³-hybridized carbons (Fsp3) is 0.0909. The molecule has 0 saturated heterocycles. The molecule has 82 valence electrons. The van der Waals surface area contributed by atoms with Gasteiger partial charge in [0.25, 0.3) is 0 Å². The lowest BCUT2D eigenvalue weighted by Gasteiger charge is -2.06. The van der Waals surface area contributed by atoms with Gasteiger partial charge in [0, 0.05) is 11.1 Å². The van der Waals surface area contributed by atoms with Crippen LogP contribution in [-0.2, 0) is 6.61 Å². The maximum absolute atomic E-state index is 10.9. The predicted octanol–water partition coefficient (Wildman–Crippen LogP) is 2.42. The van der Waals surface area contributed by atoms with Crippen LogP contribution in [0.3, 0.4) is 0 Å². The summed E-state index contributed by atoms with van der Waals surface area (Å²) in [4.78, 5) is 15.8. The van der Waals surface area contributed by atoms with Crippen LogP contribution in [0.2, 0.25) is 0 Å². The van der Waals surface area contributed by atoms with Crippen molar-refractivity contribution in [2.75, 3.05) is 0 Å². The number of aromatic carboxylic acids is 1. The molecule has 2 aromatic heterocycles. The van der Waals surface area contributed by atoms with Crippen LogP contribution in [0.4, 0.5) is 0 Å². The summed E-state index contributed by atoms with van der Waals surface area (Å²) in [5.41, 5.74) is 0.131. The van der Waals surface area contributed by atoms with Crippen molar-refractivity contribution in [3.8, 4) is 5.75 Å². The normalized spacial score (nSPS) is 10.0. The van der Waals surface area contributed by atoms with Gasteiger partial charge in [-0.05, 0) is 17.5 Å². The summed E-state index contributed by atoms with van der Waals surface area (Å²) in [5, 5.41) is 10.9. The van der Waals surface area contributed by atoms with E-state index in [0.717, 1.165) is 4.88 Å². The summed E-state index contributed by atoms with van der Waals surface area (Å²) in [6, 6.07) is 5.28. The van der Waals surface area contributed by atoms with Crippen LogP contribution in [0.25, 0.3) is 0 Å². The highest BCUT2D eigenvalue weighted by molar-refractivity contribution is 7.09. The Bertz CT molecular complexity index is 482. The van der Waals surface area contributed by atoms with Crippen molar-refractivity contribution in [3.63, 3.8) is 0 Å². The Morgan fingerprint density at radius 3 is 3.06 bits per heavy atom. The number of hydrogen-bond acceptors (Lipinski definition) is 4. The first-order valence-corrected chi connectivity index (χ1v) is 5.48. The number of thiophene rings is 1. The number of carbonyl (C=O) groups is 1. The Hall–Kier alpha value is -1.88. The highest BCUT2D eigenvalue weighted by atomic mass is 32.1. The number of aromatic nitrogens is 1. The van der Waals surface area contributed by atoms with Crippen molar-refractivity contribution in [1.29, 1.82) is 0 Å². The molecule has 16 heavy (non-hydrogen) atoms. The van der Waals surface area contributed by atoms with E-state index in [1.165, 1.54) is 18.5 Å². The standard InChI is InChI=1S/C11H9NO3S/c13-11(14)9-3-4-12-6-10(9)15-7-8-2-1-5-16-8/h1-6H,7H2,(H,13,14). The van der Waals surface area contributed by atoms with E-state index in [2.05, 4.69) is 4.98 Å². The second kappa shape index (κ2) is 4.76. The van der Waals surface area contributed by atoms with E-state index < -0.39 is 5.97 Å². The third-order valence-corrected chi connectivity index (χ3v) is 2.81. The summed E-state index contributed by atoms with van der Waals surface area (Å²) < 4.78 is 5.41. The molecule has 0 amide bonds. The van der Waals surface area contributed by atoms with E-state index in [4.69, 9.17) is 9.84 Å². The van der Waals surface area contributed by atoms with E-state index in [1.54, 1.807) is 11.3 Å². The molecule has 2 aromatic rings. The highest BCUT2D eigenvalue weighted by Gasteiger charge is 2.10. The van der Waals surface area contributed by atoms with Crippen LogP contribution in [-0.4, -0.2) is 16.1 Å². The lowest BCUT2D eigenvalue weighted by Crippen LogP contribution is -2.03. The fourth-order valence-corrected chi connectivity index (χ4v) is 1.83. The molecule has 0 aromatic carbocycles. The van der Waals surface area contributed by atoms with Crippen molar-refractivity contribution < 1.29 is 14.6 Å². The van der Waals surface area contributed by atoms with Crippen molar-refractivity contribution >= 4 is 17.3 Å². The first-order chi connectivity index (χ1) is 7.77. The van der Waals surface area contributed by atoms with E-state index in [0.29, 0.717) is 12.4 Å². The van der Waals surface area contributed by atoms with Gasteiger partial charge in [0.1, 0.15) is 12.2 Å². The van der Waals surface area contributed by atoms with Gasteiger partial charge >= 0.3 is 5.97 Å². The van der Waals surface area contributed by atoms with Gasteiger partial charge in [0.2, 0.25) is 0 Å². The van der Waals surface area contributed by atoms with Gasteiger partial charge in [-0.3, -0.25) is 4.98 Å². The molecule has 0 aliphatic heterocycles. The zero-order valence-corrected chi connectivity index (χ0v) is 9.11. The Morgan fingerprint density at radius 2 is 2.38 bits per heavy atom. The second-order valence-electron chi connectivity index (χ2n) is 3.05. The molecule has 0 aliphatic carbocycles. The molecule has 1 N–H and O–H groups in total. The fourth-order valence-electron chi connectivity index (χ4n) is 1.22. The molecule has 4 nitrogen and oxygen atoms in total. The van der Waals surface area contributed by atoms with Gasteiger partial charge in [0.05, 0.1) is 6.20 Å². The van der Waals surface area contributed by atoms with Gasteiger partial charge in [-0.2, -0.15) is 0 Å². The van der Waals surface area contributed by atoms with Crippen molar-refractivity contribution in [1.82, 2.24) is 4.98 Å². The molecule has 2 heterocycles. The van der Waals surface area contributed by atoms with Gasteiger partial charge in [-0.25, -0.2) is 4.79 Å². The number of carboxylic acid groups (broad SMARTS) is 1. The molecule has 2 rings (SSSR count).